The Bertz CT molecular complexity index is 1000. The van der Waals surface area contributed by atoms with Crippen molar-refractivity contribution in [1.29, 1.82) is 0 Å². The van der Waals surface area contributed by atoms with E-state index < -0.39 is 5.97 Å². The number of rotatable bonds is 7. The minimum absolute atomic E-state index is 0.269. The van der Waals surface area contributed by atoms with Gasteiger partial charge in [-0.05, 0) is 37.3 Å². The summed E-state index contributed by atoms with van der Waals surface area (Å²) in [5.74, 6) is 1.38. The van der Waals surface area contributed by atoms with Gasteiger partial charge in [0.05, 0.1) is 39.1 Å². The number of hydrogen-bond acceptors (Lipinski definition) is 7. The third kappa shape index (κ3) is 3.78. The van der Waals surface area contributed by atoms with Crippen molar-refractivity contribution in [3.05, 3.63) is 48.2 Å². The van der Waals surface area contributed by atoms with Crippen molar-refractivity contribution in [3.8, 4) is 17.2 Å². The molecule has 0 radical (unpaired) electrons. The Hall–Kier alpha value is -3.48. The molecule has 146 valence electrons. The highest BCUT2D eigenvalue weighted by Crippen LogP contribution is 2.35. The zero-order valence-corrected chi connectivity index (χ0v) is 16.2. The number of fused-ring (bicyclic) bond motifs is 1. The Morgan fingerprint density at radius 2 is 1.79 bits per heavy atom. The van der Waals surface area contributed by atoms with Crippen molar-refractivity contribution in [2.45, 2.75) is 6.92 Å². The van der Waals surface area contributed by atoms with Crippen molar-refractivity contribution in [1.82, 2.24) is 4.98 Å². The first-order valence-corrected chi connectivity index (χ1v) is 8.74. The molecule has 7 nitrogen and oxygen atoms in total. The summed E-state index contributed by atoms with van der Waals surface area (Å²) in [5.41, 5.74) is 2.35. The molecule has 1 heterocycles. The molecule has 3 rings (SSSR count). The van der Waals surface area contributed by atoms with Gasteiger partial charge in [0.2, 0.25) is 0 Å². The maximum atomic E-state index is 12.5. The van der Waals surface area contributed by atoms with Gasteiger partial charge in [0, 0.05) is 23.3 Å². The highest BCUT2D eigenvalue weighted by molar-refractivity contribution is 6.06. The van der Waals surface area contributed by atoms with Crippen molar-refractivity contribution in [3.63, 3.8) is 0 Å². The first-order chi connectivity index (χ1) is 13.6. The van der Waals surface area contributed by atoms with Crippen molar-refractivity contribution >= 4 is 28.2 Å². The number of pyridine rings is 1. The lowest BCUT2D eigenvalue weighted by atomic mass is 10.1. The number of benzene rings is 2. The molecule has 0 fully saturated rings. The number of methoxy groups -OCH3 is 3. The number of carbonyl (C=O) groups is 1. The van der Waals surface area contributed by atoms with E-state index in [1.165, 1.54) is 6.20 Å². The summed E-state index contributed by atoms with van der Waals surface area (Å²) in [5, 5.41) is 4.04. The molecule has 2 aromatic carbocycles. The predicted octanol–water partition coefficient (Wildman–Crippen LogP) is 4.18. The van der Waals surface area contributed by atoms with E-state index in [0.717, 1.165) is 16.6 Å². The van der Waals surface area contributed by atoms with Crippen LogP contribution in [0.4, 0.5) is 11.4 Å². The highest BCUT2D eigenvalue weighted by atomic mass is 16.5. The SMILES string of the molecule is CCOC(=O)c1cnc2ccc(OC)cc2c1Nc1ccc(OC)c(OC)c1. The van der Waals surface area contributed by atoms with Crippen LogP contribution in [-0.2, 0) is 4.74 Å². The molecule has 7 heteroatoms. The van der Waals surface area contributed by atoms with Gasteiger partial charge >= 0.3 is 5.97 Å². The molecule has 1 N–H and O–H groups in total. The van der Waals surface area contributed by atoms with E-state index in [9.17, 15) is 4.79 Å². The molecule has 0 aliphatic carbocycles. The second-order valence-electron chi connectivity index (χ2n) is 5.85. The molecule has 3 aromatic rings. The number of nitrogens with zero attached hydrogens (tertiary/aromatic N) is 1. The van der Waals surface area contributed by atoms with Crippen LogP contribution in [0.1, 0.15) is 17.3 Å². The molecule has 0 aliphatic heterocycles. The van der Waals surface area contributed by atoms with Crippen LogP contribution >= 0.6 is 0 Å². The van der Waals surface area contributed by atoms with E-state index in [4.69, 9.17) is 18.9 Å². The number of hydrogen-bond donors (Lipinski definition) is 1. The summed E-state index contributed by atoms with van der Waals surface area (Å²) in [7, 11) is 4.73. The van der Waals surface area contributed by atoms with E-state index >= 15 is 0 Å². The van der Waals surface area contributed by atoms with Crippen LogP contribution in [0.3, 0.4) is 0 Å². The van der Waals surface area contributed by atoms with Crippen LogP contribution in [-0.4, -0.2) is 38.9 Å². The third-order valence-electron chi connectivity index (χ3n) is 4.22. The number of aromatic nitrogens is 1. The molecule has 0 spiro atoms. The van der Waals surface area contributed by atoms with Gasteiger partial charge in [0.1, 0.15) is 11.3 Å². The average Bonchev–Trinajstić information content (AvgIpc) is 2.73. The molecule has 0 saturated carbocycles. The van der Waals surface area contributed by atoms with Gasteiger partial charge in [-0.15, -0.1) is 0 Å². The lowest BCUT2D eigenvalue weighted by molar-refractivity contribution is 0.0527. The van der Waals surface area contributed by atoms with Crippen molar-refractivity contribution in [2.75, 3.05) is 33.3 Å². The average molecular weight is 382 g/mol. The molecule has 28 heavy (non-hydrogen) atoms. The molecule has 0 amide bonds. The fourth-order valence-corrected chi connectivity index (χ4v) is 2.86. The maximum Gasteiger partial charge on any atom is 0.341 e. The minimum Gasteiger partial charge on any atom is -0.497 e. The van der Waals surface area contributed by atoms with E-state index in [0.29, 0.717) is 28.5 Å². The van der Waals surface area contributed by atoms with E-state index in [2.05, 4.69) is 10.3 Å². The Morgan fingerprint density at radius 3 is 2.46 bits per heavy atom. The van der Waals surface area contributed by atoms with Crippen LogP contribution < -0.4 is 19.5 Å². The summed E-state index contributed by atoms with van der Waals surface area (Å²) in [4.78, 5) is 16.9. The summed E-state index contributed by atoms with van der Waals surface area (Å²) in [6.07, 6.45) is 1.51. The zero-order chi connectivity index (χ0) is 20.1. The second kappa shape index (κ2) is 8.47. The largest absolute Gasteiger partial charge is 0.497 e. The number of ether oxygens (including phenoxy) is 4. The summed E-state index contributed by atoms with van der Waals surface area (Å²) in [6.45, 7) is 2.03. The first-order valence-electron chi connectivity index (χ1n) is 8.74. The number of esters is 1. The van der Waals surface area contributed by atoms with E-state index in [1.54, 1.807) is 40.4 Å². The van der Waals surface area contributed by atoms with Crippen molar-refractivity contribution < 1.29 is 23.7 Å². The van der Waals surface area contributed by atoms with Crippen LogP contribution in [0.2, 0.25) is 0 Å². The third-order valence-corrected chi connectivity index (χ3v) is 4.22. The van der Waals surface area contributed by atoms with Gasteiger partial charge in [0.25, 0.3) is 0 Å². The van der Waals surface area contributed by atoms with Crippen LogP contribution in [0.25, 0.3) is 10.9 Å². The lowest BCUT2D eigenvalue weighted by Crippen LogP contribution is -2.09. The molecule has 1 aromatic heterocycles. The van der Waals surface area contributed by atoms with Crippen LogP contribution in [0.15, 0.2) is 42.6 Å². The fraction of sp³-hybridized carbons (Fsp3) is 0.238. The molecular formula is C21H22N2O5. The van der Waals surface area contributed by atoms with Gasteiger partial charge < -0.3 is 24.3 Å². The Kier molecular flexibility index (Phi) is 5.84. The topological polar surface area (TPSA) is 78.9 Å². The summed E-state index contributed by atoms with van der Waals surface area (Å²) in [6, 6.07) is 10.9. The van der Waals surface area contributed by atoms with Crippen molar-refractivity contribution in [2.24, 2.45) is 0 Å². The number of nitrogens with one attached hydrogen (secondary N) is 1. The molecule has 0 unspecified atom stereocenters. The number of carbonyl (C=O) groups excluding carboxylic acids is 1. The predicted molar refractivity (Wildman–Crippen MR) is 107 cm³/mol. The monoisotopic (exact) mass is 382 g/mol. The van der Waals surface area contributed by atoms with E-state index in [1.807, 2.05) is 24.3 Å². The van der Waals surface area contributed by atoms with E-state index in [-0.39, 0.29) is 6.61 Å². The zero-order valence-electron chi connectivity index (χ0n) is 16.2. The lowest BCUT2D eigenvalue weighted by Gasteiger charge is -2.16. The highest BCUT2D eigenvalue weighted by Gasteiger charge is 2.18. The molecular weight excluding hydrogens is 360 g/mol. The normalized spacial score (nSPS) is 10.4. The first kappa shape index (κ1) is 19.3. The molecule has 0 bridgehead atoms. The Morgan fingerprint density at radius 1 is 1.00 bits per heavy atom. The van der Waals surface area contributed by atoms with Crippen LogP contribution in [0.5, 0.6) is 17.2 Å². The Labute approximate surface area is 163 Å². The van der Waals surface area contributed by atoms with Gasteiger partial charge in [-0.25, -0.2) is 4.79 Å². The van der Waals surface area contributed by atoms with Gasteiger partial charge in [-0.3, -0.25) is 4.98 Å². The summed E-state index contributed by atoms with van der Waals surface area (Å²) >= 11 is 0. The Balaban J connectivity index is 2.15. The van der Waals surface area contributed by atoms with Gasteiger partial charge in [0.15, 0.2) is 11.5 Å². The molecule has 0 aliphatic rings. The quantitative estimate of drug-likeness (QED) is 0.614. The van der Waals surface area contributed by atoms with Gasteiger partial charge in [-0.1, -0.05) is 0 Å². The maximum absolute atomic E-state index is 12.5. The minimum atomic E-state index is -0.456. The fourth-order valence-electron chi connectivity index (χ4n) is 2.86. The van der Waals surface area contributed by atoms with Crippen LogP contribution in [0, 0.1) is 0 Å². The standard InChI is InChI=1S/C21H22N2O5/c1-5-28-21(24)16-12-22-17-8-7-14(25-2)11-15(17)20(16)23-13-6-9-18(26-3)19(10-13)27-4/h6-12H,5H2,1-4H3,(H,22,23). The number of anilines is 2. The second-order valence-corrected chi connectivity index (χ2v) is 5.85. The van der Waals surface area contributed by atoms with Gasteiger partial charge in [-0.2, -0.15) is 0 Å². The smallest absolute Gasteiger partial charge is 0.341 e. The molecule has 0 saturated heterocycles. The summed E-state index contributed by atoms with van der Waals surface area (Å²) < 4.78 is 21.2. The molecule has 0 atom stereocenters.